The zero-order valence-electron chi connectivity index (χ0n) is 11.2. The van der Waals surface area contributed by atoms with Gasteiger partial charge in [0, 0.05) is 29.9 Å². The molecule has 20 heavy (non-hydrogen) atoms. The van der Waals surface area contributed by atoms with E-state index in [4.69, 9.17) is 19.8 Å². The standard InChI is InChI=1S/C12H16ClNO5S/c1-8-10(20(13,16)17)6-9(19-8)11(15)14-7-12(2)4-3-5-18-12/h6H,3-5,7H2,1-2H3,(H,14,15). The second-order valence-electron chi connectivity index (χ2n) is 5.05. The van der Waals surface area contributed by atoms with Gasteiger partial charge in [0.25, 0.3) is 15.0 Å². The molecule has 0 saturated carbocycles. The van der Waals surface area contributed by atoms with E-state index in [1.165, 1.54) is 6.92 Å². The summed E-state index contributed by atoms with van der Waals surface area (Å²) in [5, 5.41) is 2.68. The Bertz CT molecular complexity index is 616. The molecule has 1 amide bonds. The van der Waals surface area contributed by atoms with Crippen LogP contribution in [0.3, 0.4) is 0 Å². The van der Waals surface area contributed by atoms with E-state index in [-0.39, 0.29) is 22.0 Å². The van der Waals surface area contributed by atoms with Crippen molar-refractivity contribution < 1.29 is 22.4 Å². The number of hydrogen-bond acceptors (Lipinski definition) is 5. The van der Waals surface area contributed by atoms with Crippen LogP contribution in [0.5, 0.6) is 0 Å². The van der Waals surface area contributed by atoms with Crippen LogP contribution in [0.2, 0.25) is 0 Å². The molecule has 0 aromatic carbocycles. The molecule has 1 aliphatic heterocycles. The van der Waals surface area contributed by atoms with Crippen molar-refractivity contribution in [3.8, 4) is 0 Å². The van der Waals surface area contributed by atoms with Crippen molar-refractivity contribution in [3.05, 3.63) is 17.6 Å². The van der Waals surface area contributed by atoms with E-state index in [9.17, 15) is 13.2 Å². The quantitative estimate of drug-likeness (QED) is 0.855. The molecule has 2 heterocycles. The van der Waals surface area contributed by atoms with E-state index < -0.39 is 15.0 Å². The number of carbonyl (C=O) groups is 1. The zero-order valence-corrected chi connectivity index (χ0v) is 12.8. The van der Waals surface area contributed by atoms with E-state index in [1.54, 1.807) is 0 Å². The van der Waals surface area contributed by atoms with Crippen molar-refractivity contribution in [2.75, 3.05) is 13.2 Å². The van der Waals surface area contributed by atoms with Crippen molar-refractivity contribution in [2.24, 2.45) is 0 Å². The Hall–Kier alpha value is -1.05. The van der Waals surface area contributed by atoms with E-state index in [1.807, 2.05) is 6.92 Å². The van der Waals surface area contributed by atoms with Crippen molar-refractivity contribution in [1.82, 2.24) is 5.32 Å². The molecular formula is C12H16ClNO5S. The van der Waals surface area contributed by atoms with Crippen LogP contribution in [0.15, 0.2) is 15.4 Å². The summed E-state index contributed by atoms with van der Waals surface area (Å²) in [5.74, 6) is -0.479. The van der Waals surface area contributed by atoms with Crippen LogP contribution in [0.25, 0.3) is 0 Å². The molecule has 6 nitrogen and oxygen atoms in total. The lowest BCUT2D eigenvalue weighted by molar-refractivity contribution is 0.0203. The second-order valence-corrected chi connectivity index (χ2v) is 7.59. The summed E-state index contributed by atoms with van der Waals surface area (Å²) < 4.78 is 33.2. The first-order valence-electron chi connectivity index (χ1n) is 6.18. The number of carbonyl (C=O) groups excluding carboxylic acids is 1. The van der Waals surface area contributed by atoms with Gasteiger partial charge in [-0.1, -0.05) is 0 Å². The number of furan rings is 1. The predicted molar refractivity (Wildman–Crippen MR) is 72.4 cm³/mol. The summed E-state index contributed by atoms with van der Waals surface area (Å²) in [6.45, 7) is 4.38. The minimum Gasteiger partial charge on any atom is -0.455 e. The smallest absolute Gasteiger partial charge is 0.287 e. The zero-order chi connectivity index (χ0) is 15.0. The summed E-state index contributed by atoms with van der Waals surface area (Å²) in [5.41, 5.74) is -0.376. The molecule has 1 atom stereocenters. The maximum atomic E-state index is 11.9. The Morgan fingerprint density at radius 3 is 2.75 bits per heavy atom. The third-order valence-corrected chi connectivity index (χ3v) is 4.71. The SMILES string of the molecule is Cc1oc(C(=O)NCC2(C)CCCO2)cc1S(=O)(=O)Cl. The fourth-order valence-electron chi connectivity index (χ4n) is 2.15. The summed E-state index contributed by atoms with van der Waals surface area (Å²) in [6.07, 6.45) is 1.83. The van der Waals surface area contributed by atoms with Gasteiger partial charge in [-0.15, -0.1) is 0 Å². The lowest BCUT2D eigenvalue weighted by atomic mass is 10.0. The highest BCUT2D eigenvalue weighted by Gasteiger charge is 2.31. The highest BCUT2D eigenvalue weighted by Crippen LogP contribution is 2.25. The Morgan fingerprint density at radius 1 is 1.55 bits per heavy atom. The third-order valence-electron chi connectivity index (χ3n) is 3.28. The van der Waals surface area contributed by atoms with E-state index in [2.05, 4.69) is 5.32 Å². The van der Waals surface area contributed by atoms with Crippen LogP contribution in [-0.2, 0) is 13.8 Å². The average Bonchev–Trinajstić information content (AvgIpc) is 2.92. The van der Waals surface area contributed by atoms with Crippen molar-refractivity contribution >= 4 is 25.6 Å². The number of hydrogen-bond donors (Lipinski definition) is 1. The highest BCUT2D eigenvalue weighted by molar-refractivity contribution is 8.13. The maximum Gasteiger partial charge on any atom is 0.287 e. The third kappa shape index (κ3) is 3.34. The molecule has 0 aliphatic carbocycles. The monoisotopic (exact) mass is 321 g/mol. The normalized spacial score (nSPS) is 22.9. The van der Waals surface area contributed by atoms with Crippen LogP contribution in [0.4, 0.5) is 0 Å². The van der Waals surface area contributed by atoms with Gasteiger partial charge in [-0.3, -0.25) is 4.79 Å². The number of nitrogens with one attached hydrogen (secondary N) is 1. The molecule has 1 saturated heterocycles. The molecule has 2 rings (SSSR count). The summed E-state index contributed by atoms with van der Waals surface area (Å²) in [6, 6.07) is 1.13. The number of aryl methyl sites for hydroxylation is 1. The summed E-state index contributed by atoms with van der Waals surface area (Å²) >= 11 is 0. The van der Waals surface area contributed by atoms with Crippen LogP contribution in [0.1, 0.15) is 36.1 Å². The number of halogens is 1. The predicted octanol–water partition coefficient (Wildman–Crippen LogP) is 1.81. The van der Waals surface area contributed by atoms with Gasteiger partial charge in [0.2, 0.25) is 0 Å². The van der Waals surface area contributed by atoms with Gasteiger partial charge in [-0.05, 0) is 26.7 Å². The molecule has 1 aromatic rings. The fraction of sp³-hybridized carbons (Fsp3) is 0.583. The Labute approximate surface area is 121 Å². The molecule has 1 fully saturated rings. The van der Waals surface area contributed by atoms with E-state index in [0.717, 1.165) is 18.9 Å². The Morgan fingerprint density at radius 2 is 2.25 bits per heavy atom. The first-order valence-corrected chi connectivity index (χ1v) is 8.49. The lowest BCUT2D eigenvalue weighted by Crippen LogP contribution is -2.40. The van der Waals surface area contributed by atoms with Gasteiger partial charge >= 0.3 is 0 Å². The number of rotatable bonds is 4. The molecule has 8 heteroatoms. The molecule has 0 radical (unpaired) electrons. The van der Waals surface area contributed by atoms with Crippen molar-refractivity contribution in [2.45, 2.75) is 37.2 Å². The summed E-state index contributed by atoms with van der Waals surface area (Å²) in [4.78, 5) is 11.8. The highest BCUT2D eigenvalue weighted by atomic mass is 35.7. The molecule has 1 unspecified atom stereocenters. The Kier molecular flexibility index (Phi) is 4.13. The van der Waals surface area contributed by atoms with Gasteiger partial charge in [-0.25, -0.2) is 8.42 Å². The fourth-order valence-corrected chi connectivity index (χ4v) is 3.24. The van der Waals surface area contributed by atoms with Crippen LogP contribution in [-0.4, -0.2) is 33.1 Å². The molecule has 0 bridgehead atoms. The number of ether oxygens (including phenoxy) is 1. The van der Waals surface area contributed by atoms with Gasteiger partial charge in [0.1, 0.15) is 10.7 Å². The summed E-state index contributed by atoms with van der Waals surface area (Å²) in [7, 11) is 1.33. The maximum absolute atomic E-state index is 11.9. The lowest BCUT2D eigenvalue weighted by Gasteiger charge is -2.22. The molecular weight excluding hydrogens is 306 g/mol. The first-order chi connectivity index (χ1) is 9.21. The van der Waals surface area contributed by atoms with Crippen molar-refractivity contribution in [1.29, 1.82) is 0 Å². The van der Waals surface area contributed by atoms with Gasteiger partial charge in [-0.2, -0.15) is 0 Å². The largest absolute Gasteiger partial charge is 0.455 e. The van der Waals surface area contributed by atoms with Gasteiger partial charge in [0.05, 0.1) is 5.60 Å². The Balaban J connectivity index is 2.07. The average molecular weight is 322 g/mol. The minimum atomic E-state index is -3.92. The molecule has 1 N–H and O–H groups in total. The molecule has 112 valence electrons. The minimum absolute atomic E-state index is 0.0803. The topological polar surface area (TPSA) is 85.6 Å². The first kappa shape index (κ1) is 15.3. The molecule has 1 aromatic heterocycles. The van der Waals surface area contributed by atoms with E-state index >= 15 is 0 Å². The molecule has 1 aliphatic rings. The second kappa shape index (κ2) is 5.38. The number of amides is 1. The van der Waals surface area contributed by atoms with Crippen LogP contribution < -0.4 is 5.32 Å². The van der Waals surface area contributed by atoms with Gasteiger partial charge in [0.15, 0.2) is 5.76 Å². The van der Waals surface area contributed by atoms with Crippen LogP contribution >= 0.6 is 10.7 Å². The molecule has 0 spiro atoms. The van der Waals surface area contributed by atoms with E-state index in [0.29, 0.717) is 13.2 Å². The van der Waals surface area contributed by atoms with Crippen LogP contribution in [0, 0.1) is 6.92 Å². The van der Waals surface area contributed by atoms with Gasteiger partial charge < -0.3 is 14.5 Å². The van der Waals surface area contributed by atoms with Crippen molar-refractivity contribution in [3.63, 3.8) is 0 Å².